The van der Waals surface area contributed by atoms with Crippen LogP contribution in [0.4, 0.5) is 0 Å². The highest BCUT2D eigenvalue weighted by Gasteiger charge is 2.22. The number of hydrogen-bond acceptors (Lipinski definition) is 2. The summed E-state index contributed by atoms with van der Waals surface area (Å²) in [5, 5.41) is 22.5. The van der Waals surface area contributed by atoms with E-state index < -0.39 is 0 Å². The number of allylic oxidation sites excluding steroid dienone is 2. The third-order valence-corrected chi connectivity index (χ3v) is 4.84. The van der Waals surface area contributed by atoms with Crippen LogP contribution in [-0.2, 0) is 0 Å². The van der Waals surface area contributed by atoms with Gasteiger partial charge in [-0.3, -0.25) is 0 Å². The van der Waals surface area contributed by atoms with Crippen molar-refractivity contribution in [2.24, 2.45) is 0 Å². The Kier molecular flexibility index (Phi) is 5.40. The highest BCUT2D eigenvalue weighted by atomic mass is 16.2. The van der Waals surface area contributed by atoms with Crippen LogP contribution in [-0.4, -0.2) is 34.2 Å². The molecule has 2 heterocycles. The van der Waals surface area contributed by atoms with Gasteiger partial charge in [0.15, 0.2) is 0 Å². The fourth-order valence-corrected chi connectivity index (χ4v) is 3.67. The summed E-state index contributed by atoms with van der Waals surface area (Å²) in [4.78, 5) is 0. The number of rotatable bonds is 6. The second-order valence-corrected chi connectivity index (χ2v) is 6.14. The van der Waals surface area contributed by atoms with Crippen molar-refractivity contribution in [3.8, 4) is 11.1 Å². The molecule has 3 aromatic rings. The van der Waals surface area contributed by atoms with E-state index in [1.165, 1.54) is 0 Å². The summed E-state index contributed by atoms with van der Waals surface area (Å²) in [6.07, 6.45) is 9.34. The smallest absolute Gasteiger partial charge is 0.398 e. The van der Waals surface area contributed by atoms with E-state index in [4.69, 9.17) is 0 Å². The first-order valence-corrected chi connectivity index (χ1v) is 8.77. The minimum atomic E-state index is -0.196. The van der Waals surface area contributed by atoms with Crippen LogP contribution in [0.2, 0.25) is 0 Å². The van der Waals surface area contributed by atoms with Crippen LogP contribution < -0.4 is 10.6 Å². The maximum Gasteiger partial charge on any atom is 0.398 e. The molecule has 0 aliphatic carbocycles. The summed E-state index contributed by atoms with van der Waals surface area (Å²) < 4.78 is 3.55. The molecule has 0 spiro atoms. The first kappa shape index (κ1) is 18.8. The van der Waals surface area contributed by atoms with E-state index in [0.717, 1.165) is 38.6 Å². The lowest BCUT2D eigenvalue weighted by Crippen LogP contribution is -2.30. The van der Waals surface area contributed by atoms with Crippen molar-refractivity contribution in [1.82, 2.24) is 8.96 Å². The fraction of sp³-hybridized carbons (Fsp3) is 0.0476. The Bertz CT molecular complexity index is 1170. The Balaban J connectivity index is 2.62. The van der Waals surface area contributed by atoms with Crippen LogP contribution in [0.15, 0.2) is 49.6 Å². The van der Waals surface area contributed by atoms with Crippen molar-refractivity contribution < 1.29 is 10.0 Å². The first-order chi connectivity index (χ1) is 13.1. The summed E-state index contributed by atoms with van der Waals surface area (Å²) in [7, 11) is -0.351. The van der Waals surface area contributed by atoms with Crippen LogP contribution in [0.3, 0.4) is 0 Å². The van der Waals surface area contributed by atoms with Gasteiger partial charge in [-0.2, -0.15) is 0 Å². The van der Waals surface area contributed by atoms with Crippen LogP contribution in [0, 0.1) is 0 Å². The number of benzene rings is 1. The third kappa shape index (κ3) is 2.83. The van der Waals surface area contributed by atoms with E-state index in [9.17, 15) is 10.0 Å². The minimum absolute atomic E-state index is 0.156. The molecular weight excluding hydrogens is 334 g/mol. The molecule has 3 rings (SSSR count). The zero-order chi connectivity index (χ0) is 19.6. The predicted octanol–water partition coefficient (Wildman–Crippen LogP) is 1.38. The lowest BCUT2D eigenvalue weighted by atomic mass is 9.99. The van der Waals surface area contributed by atoms with Crippen molar-refractivity contribution in [3.05, 3.63) is 71.5 Å². The topological polar surface area (TPSA) is 50.3 Å². The third-order valence-electron chi connectivity index (χ3n) is 4.84. The Morgan fingerprint density at radius 1 is 0.963 bits per heavy atom. The molecule has 6 heteroatoms. The number of para-hydroxylation sites is 1. The predicted molar refractivity (Wildman–Crippen MR) is 119 cm³/mol. The van der Waals surface area contributed by atoms with Crippen molar-refractivity contribution in [1.29, 1.82) is 0 Å². The molecule has 0 atom stereocenters. The summed E-state index contributed by atoms with van der Waals surface area (Å²) in [6.45, 7) is 14.0. The van der Waals surface area contributed by atoms with Crippen molar-refractivity contribution in [2.45, 2.75) is 6.92 Å². The lowest BCUT2D eigenvalue weighted by molar-refractivity contribution is 0.586. The number of hydrogen-bond donors (Lipinski definition) is 2. The second kappa shape index (κ2) is 7.74. The van der Waals surface area contributed by atoms with Gasteiger partial charge in [0, 0.05) is 44.0 Å². The molecule has 0 aliphatic rings. The van der Waals surface area contributed by atoms with Gasteiger partial charge in [-0.05, 0) is 25.1 Å². The quantitative estimate of drug-likeness (QED) is 0.656. The van der Waals surface area contributed by atoms with Crippen LogP contribution in [0.5, 0.6) is 0 Å². The molecule has 0 saturated heterocycles. The van der Waals surface area contributed by atoms with E-state index in [-0.39, 0.29) is 15.2 Å². The molecule has 0 amide bonds. The van der Waals surface area contributed by atoms with Gasteiger partial charge in [-0.1, -0.05) is 56.2 Å². The first-order valence-electron chi connectivity index (χ1n) is 8.77. The molecule has 2 aromatic heterocycles. The maximum absolute atomic E-state index is 9.97. The standard InChI is InChI=1S/C21H22B2N2O2/c1-5-8-11-15-14(4)24(22-26)17(6-2)20(15)21-16-12-9-10-13-19(16)25(23-27)18(21)7-3/h5-13,22-23,26-27H,2-4H2,1H3/b8-5-,15-11+. The largest absolute Gasteiger partial charge is 0.435 e. The normalized spacial score (nSPS) is 12.0. The Morgan fingerprint density at radius 3 is 2.19 bits per heavy atom. The van der Waals surface area contributed by atoms with Crippen molar-refractivity contribution in [3.63, 3.8) is 0 Å². The Labute approximate surface area is 160 Å². The molecule has 1 aromatic carbocycles. The summed E-state index contributed by atoms with van der Waals surface area (Å²) in [5.41, 5.74) is 4.37. The summed E-state index contributed by atoms with van der Waals surface area (Å²) in [6, 6.07) is 7.91. The second-order valence-electron chi connectivity index (χ2n) is 6.14. The van der Waals surface area contributed by atoms with Gasteiger partial charge < -0.3 is 19.0 Å². The van der Waals surface area contributed by atoms with Gasteiger partial charge in [0.05, 0.1) is 0 Å². The lowest BCUT2D eigenvalue weighted by Gasteiger charge is -2.07. The highest BCUT2D eigenvalue weighted by Crippen LogP contribution is 2.35. The van der Waals surface area contributed by atoms with Gasteiger partial charge in [0.1, 0.15) is 0 Å². The highest BCUT2D eigenvalue weighted by molar-refractivity contribution is 6.29. The fourth-order valence-electron chi connectivity index (χ4n) is 3.67. The monoisotopic (exact) mass is 356 g/mol. The molecule has 2 N–H and O–H groups in total. The Morgan fingerprint density at radius 2 is 1.59 bits per heavy atom. The molecule has 4 nitrogen and oxygen atoms in total. The van der Waals surface area contributed by atoms with E-state index in [1.807, 2.05) is 53.9 Å². The van der Waals surface area contributed by atoms with E-state index in [2.05, 4.69) is 19.7 Å². The van der Waals surface area contributed by atoms with E-state index in [0.29, 0.717) is 5.35 Å². The molecule has 27 heavy (non-hydrogen) atoms. The zero-order valence-corrected chi connectivity index (χ0v) is 15.5. The molecule has 0 unspecified atom stereocenters. The number of nitrogens with zero attached hydrogens (tertiary/aromatic N) is 2. The van der Waals surface area contributed by atoms with Gasteiger partial charge in [0.2, 0.25) is 0 Å². The minimum Gasteiger partial charge on any atom is -0.435 e. The average Bonchev–Trinajstić information content (AvgIpc) is 3.16. The number of fused-ring (bicyclic) bond motifs is 1. The molecule has 134 valence electrons. The zero-order valence-electron chi connectivity index (χ0n) is 15.5. The van der Waals surface area contributed by atoms with Crippen molar-refractivity contribution in [2.75, 3.05) is 0 Å². The summed E-state index contributed by atoms with van der Waals surface area (Å²) in [5.74, 6) is 0. The Hall–Kier alpha value is -2.95. The maximum atomic E-state index is 9.97. The molecule has 0 saturated carbocycles. The molecule has 0 aliphatic heterocycles. The molecular formula is C21H22B2N2O2. The molecule has 0 radical (unpaired) electrons. The van der Waals surface area contributed by atoms with Gasteiger partial charge in [-0.25, -0.2) is 0 Å². The van der Waals surface area contributed by atoms with Crippen LogP contribution in [0.1, 0.15) is 18.3 Å². The van der Waals surface area contributed by atoms with E-state index >= 15 is 0 Å². The van der Waals surface area contributed by atoms with Gasteiger partial charge in [0.25, 0.3) is 0 Å². The van der Waals surface area contributed by atoms with E-state index in [1.54, 1.807) is 16.6 Å². The van der Waals surface area contributed by atoms with Crippen LogP contribution >= 0.6 is 0 Å². The average molecular weight is 356 g/mol. The van der Waals surface area contributed by atoms with Gasteiger partial charge in [-0.15, -0.1) is 0 Å². The number of aromatic nitrogens is 2. The SMILES string of the molecule is C=Cc1c(-c2c(C=C)n(BO)c3ccccc23)/c(=C/C=C\C)c(=C)n1BO. The van der Waals surface area contributed by atoms with Crippen molar-refractivity contribution >= 4 is 50.9 Å². The van der Waals surface area contributed by atoms with Crippen LogP contribution in [0.25, 0.3) is 46.8 Å². The van der Waals surface area contributed by atoms with Gasteiger partial charge >= 0.3 is 15.2 Å². The summed E-state index contributed by atoms with van der Waals surface area (Å²) >= 11 is 0. The molecule has 0 fully saturated rings. The molecule has 0 bridgehead atoms.